The lowest BCUT2D eigenvalue weighted by molar-refractivity contribution is 1.07. The summed E-state index contributed by atoms with van der Waals surface area (Å²) >= 11 is 0. The van der Waals surface area contributed by atoms with E-state index in [1.807, 2.05) is 60.7 Å². The molecule has 0 saturated carbocycles. The van der Waals surface area contributed by atoms with E-state index in [4.69, 9.17) is 9.98 Å². The van der Waals surface area contributed by atoms with Gasteiger partial charge in [-0.15, -0.1) is 0 Å². The summed E-state index contributed by atoms with van der Waals surface area (Å²) in [6.45, 7) is 0. The second-order valence-corrected chi connectivity index (χ2v) is 8.55. The van der Waals surface area contributed by atoms with Gasteiger partial charge in [-0.1, -0.05) is 58.0 Å². The maximum atomic E-state index is 4.75. The zero-order valence-electron chi connectivity index (χ0n) is 14.3. The molecule has 0 unspecified atom stereocenters. The molecule has 1 aliphatic heterocycles. The van der Waals surface area contributed by atoms with Gasteiger partial charge in [0.25, 0.3) is 0 Å². The standard InChI is InChI=1S/C20H15N5S2/c1-2-8-16-15(7-1)19-23-17-9-3-5-13(21-17)11-26-27-12-14-6-4-10-18(22-14)24-20(16)25-19/h1-10H,11-12H2,(H,21,22,23,24,25). The van der Waals surface area contributed by atoms with E-state index in [-0.39, 0.29) is 0 Å². The Morgan fingerprint density at radius 1 is 0.630 bits per heavy atom. The van der Waals surface area contributed by atoms with E-state index in [1.165, 1.54) is 0 Å². The third-order valence-electron chi connectivity index (χ3n) is 4.21. The molecule has 4 heterocycles. The zero-order valence-corrected chi connectivity index (χ0v) is 15.9. The van der Waals surface area contributed by atoms with Crippen LogP contribution in [0.15, 0.2) is 70.6 Å². The Kier molecular flexibility index (Phi) is 4.39. The predicted octanol–water partition coefficient (Wildman–Crippen LogP) is 4.26. The highest BCUT2D eigenvalue weighted by atomic mass is 33.1. The van der Waals surface area contributed by atoms with Crippen molar-refractivity contribution in [2.45, 2.75) is 11.5 Å². The van der Waals surface area contributed by atoms with Crippen molar-refractivity contribution in [3.63, 3.8) is 0 Å². The van der Waals surface area contributed by atoms with Gasteiger partial charge in [0.05, 0.1) is 11.4 Å². The molecular weight excluding hydrogens is 374 g/mol. The first-order chi connectivity index (χ1) is 13.3. The van der Waals surface area contributed by atoms with Crippen LogP contribution in [0.3, 0.4) is 0 Å². The largest absolute Gasteiger partial charge is 0.324 e. The third kappa shape index (κ3) is 3.48. The van der Waals surface area contributed by atoms with Gasteiger partial charge in [0, 0.05) is 22.3 Å². The molecule has 132 valence electrons. The van der Waals surface area contributed by atoms with Crippen LogP contribution in [0.1, 0.15) is 11.4 Å². The van der Waals surface area contributed by atoms with Crippen molar-refractivity contribution in [3.8, 4) is 0 Å². The lowest BCUT2D eigenvalue weighted by Crippen LogP contribution is -2.10. The molecule has 0 radical (unpaired) electrons. The van der Waals surface area contributed by atoms with Crippen molar-refractivity contribution >= 4 is 44.0 Å². The van der Waals surface area contributed by atoms with E-state index in [9.17, 15) is 0 Å². The molecule has 0 saturated heterocycles. The minimum atomic E-state index is 0.699. The molecule has 0 aliphatic carbocycles. The van der Waals surface area contributed by atoms with E-state index < -0.39 is 0 Å². The average molecular weight is 390 g/mol. The van der Waals surface area contributed by atoms with Gasteiger partial charge in [0.2, 0.25) is 0 Å². The summed E-state index contributed by atoms with van der Waals surface area (Å²) in [6, 6.07) is 20.1. The van der Waals surface area contributed by atoms with Gasteiger partial charge in [-0.05, 0) is 24.3 Å². The van der Waals surface area contributed by atoms with Crippen LogP contribution in [-0.4, -0.2) is 15.0 Å². The van der Waals surface area contributed by atoms with Crippen LogP contribution < -0.4 is 11.0 Å². The van der Waals surface area contributed by atoms with Crippen LogP contribution in [0.2, 0.25) is 0 Å². The predicted molar refractivity (Wildman–Crippen MR) is 111 cm³/mol. The molecule has 0 spiro atoms. The molecule has 1 aromatic carbocycles. The minimum Gasteiger partial charge on any atom is -0.324 e. The highest BCUT2D eigenvalue weighted by molar-refractivity contribution is 8.76. The van der Waals surface area contributed by atoms with E-state index >= 15 is 0 Å². The molecule has 1 N–H and O–H groups in total. The second kappa shape index (κ2) is 7.17. The molecule has 4 aromatic rings. The number of pyridine rings is 2. The van der Waals surface area contributed by atoms with Crippen molar-refractivity contribution in [3.05, 3.63) is 83.0 Å². The Labute approximate surface area is 163 Å². The Morgan fingerprint density at radius 3 is 1.67 bits per heavy atom. The Balaban J connectivity index is 1.80. The van der Waals surface area contributed by atoms with Gasteiger partial charge in [0.1, 0.15) is 11.0 Å². The highest BCUT2D eigenvalue weighted by Crippen LogP contribution is 2.29. The van der Waals surface area contributed by atoms with Crippen molar-refractivity contribution in [2.75, 3.05) is 0 Å². The van der Waals surface area contributed by atoms with Gasteiger partial charge in [-0.25, -0.2) is 20.0 Å². The number of aromatic amines is 1. The van der Waals surface area contributed by atoms with Gasteiger partial charge in [-0.2, -0.15) is 0 Å². The lowest BCUT2D eigenvalue weighted by atomic mass is 10.2. The number of hydrogen-bond acceptors (Lipinski definition) is 6. The number of hydrogen-bond donors (Lipinski definition) is 1. The Bertz CT molecular complexity index is 1150. The Hall–Kier alpha value is -2.64. The normalized spacial score (nSPS) is 16.4. The molecule has 27 heavy (non-hydrogen) atoms. The van der Waals surface area contributed by atoms with Crippen LogP contribution in [0.4, 0.5) is 11.6 Å². The molecule has 0 atom stereocenters. The number of benzene rings is 1. The first kappa shape index (κ1) is 16.5. The second-order valence-electron chi connectivity index (χ2n) is 6.09. The number of nitrogens with one attached hydrogen (secondary N) is 1. The van der Waals surface area contributed by atoms with Crippen molar-refractivity contribution < 1.29 is 0 Å². The fraction of sp³-hybridized carbons (Fsp3) is 0.100. The number of nitrogens with zero attached hydrogens (tertiary/aromatic N) is 4. The van der Waals surface area contributed by atoms with Gasteiger partial charge < -0.3 is 4.98 Å². The SMILES string of the molecule is c1cc2nc(c1)/N=c1\[nH]/c(c3ccccc13)=N\c1cccc(n1)CSSC2. The fourth-order valence-electron chi connectivity index (χ4n) is 2.97. The van der Waals surface area contributed by atoms with Gasteiger partial charge in [-0.3, -0.25) is 0 Å². The summed E-state index contributed by atoms with van der Waals surface area (Å²) in [6.07, 6.45) is 0. The maximum absolute atomic E-state index is 4.75. The summed E-state index contributed by atoms with van der Waals surface area (Å²) in [4.78, 5) is 22.2. The molecule has 3 aromatic heterocycles. The quantitative estimate of drug-likeness (QED) is 0.457. The summed E-state index contributed by atoms with van der Waals surface area (Å²) in [5.74, 6) is 3.05. The third-order valence-corrected chi connectivity index (χ3v) is 6.41. The van der Waals surface area contributed by atoms with Crippen LogP contribution in [0, 0.1) is 0 Å². The number of aromatic nitrogens is 3. The average Bonchev–Trinajstić information content (AvgIpc) is 3.03. The number of H-pyrrole nitrogens is 1. The first-order valence-electron chi connectivity index (χ1n) is 8.56. The smallest absolute Gasteiger partial charge is 0.154 e. The molecule has 0 fully saturated rings. The summed E-state index contributed by atoms with van der Waals surface area (Å²) in [5.41, 5.74) is 3.57. The molecular formula is C20H15N5S2. The zero-order chi connectivity index (χ0) is 18.1. The van der Waals surface area contributed by atoms with Crippen LogP contribution in [0.5, 0.6) is 0 Å². The van der Waals surface area contributed by atoms with Gasteiger partial charge >= 0.3 is 0 Å². The van der Waals surface area contributed by atoms with E-state index in [0.29, 0.717) is 11.6 Å². The first-order valence-corrected chi connectivity index (χ1v) is 11.0. The van der Waals surface area contributed by atoms with Crippen molar-refractivity contribution in [2.24, 2.45) is 9.98 Å². The van der Waals surface area contributed by atoms with Crippen molar-refractivity contribution in [1.82, 2.24) is 15.0 Å². The maximum Gasteiger partial charge on any atom is 0.154 e. The number of rotatable bonds is 0. The molecule has 6 bridgehead atoms. The topological polar surface area (TPSA) is 66.3 Å². The van der Waals surface area contributed by atoms with Crippen LogP contribution in [-0.2, 0) is 11.5 Å². The minimum absolute atomic E-state index is 0.699. The van der Waals surface area contributed by atoms with E-state index in [1.54, 1.807) is 21.6 Å². The summed E-state index contributed by atoms with van der Waals surface area (Å²) in [5, 5.41) is 2.05. The molecule has 1 aliphatic rings. The monoisotopic (exact) mass is 389 g/mol. The molecule has 5 rings (SSSR count). The van der Waals surface area contributed by atoms with E-state index in [0.717, 1.165) is 44.6 Å². The van der Waals surface area contributed by atoms with Crippen molar-refractivity contribution in [1.29, 1.82) is 0 Å². The van der Waals surface area contributed by atoms with Gasteiger partial charge in [0.15, 0.2) is 11.6 Å². The molecule has 7 heteroatoms. The van der Waals surface area contributed by atoms with Crippen LogP contribution >= 0.6 is 21.6 Å². The lowest BCUT2D eigenvalue weighted by Gasteiger charge is -2.03. The molecule has 5 nitrogen and oxygen atoms in total. The highest BCUT2D eigenvalue weighted by Gasteiger charge is 2.06. The summed E-state index contributed by atoms with van der Waals surface area (Å²) < 4.78 is 0. The fourth-order valence-corrected chi connectivity index (χ4v) is 4.93. The van der Waals surface area contributed by atoms with E-state index in [2.05, 4.69) is 15.0 Å². The van der Waals surface area contributed by atoms with Crippen LogP contribution in [0.25, 0.3) is 10.8 Å². The molecule has 0 amide bonds. The Morgan fingerprint density at radius 2 is 1.15 bits per heavy atom. The number of fused-ring (bicyclic) bond motifs is 9. The summed E-state index contributed by atoms with van der Waals surface area (Å²) in [7, 11) is 3.55.